The highest BCUT2D eigenvalue weighted by Gasteiger charge is 2.23. The maximum Gasteiger partial charge on any atom is 0.108 e. The van der Waals surface area contributed by atoms with Crippen LogP contribution >= 0.6 is 23.2 Å². The summed E-state index contributed by atoms with van der Waals surface area (Å²) in [5.74, 6) is 0. The minimum Gasteiger partial charge on any atom is -0.365 e. The average molecular weight is 350 g/mol. The molecule has 0 amide bonds. The Bertz CT molecular complexity index is 573. The predicted octanol–water partition coefficient (Wildman–Crippen LogP) is 5.19. The van der Waals surface area contributed by atoms with Crippen LogP contribution < -0.4 is 0 Å². The lowest BCUT2D eigenvalue weighted by Crippen LogP contribution is -2.35. The van der Waals surface area contributed by atoms with Gasteiger partial charge in [-0.15, -0.1) is 0 Å². The van der Waals surface area contributed by atoms with E-state index in [-0.39, 0.29) is 12.2 Å². The molecule has 0 atom stereocenters. The van der Waals surface area contributed by atoms with Gasteiger partial charge < -0.3 is 9.64 Å². The third-order valence-electron chi connectivity index (χ3n) is 4.34. The molecule has 1 aliphatic rings. The van der Waals surface area contributed by atoms with Gasteiger partial charge in [0.1, 0.15) is 6.10 Å². The maximum atomic E-state index is 6.48. The molecule has 3 rings (SSSR count). The molecule has 0 unspecified atom stereocenters. The van der Waals surface area contributed by atoms with E-state index in [0.29, 0.717) is 0 Å². The van der Waals surface area contributed by atoms with Gasteiger partial charge in [-0.1, -0.05) is 47.5 Å². The molecule has 122 valence electrons. The number of hydrogen-bond acceptors (Lipinski definition) is 2. The van der Waals surface area contributed by atoms with E-state index in [9.17, 15) is 0 Å². The molecule has 1 aliphatic heterocycles. The van der Waals surface area contributed by atoms with Gasteiger partial charge in [-0.05, 0) is 55.3 Å². The predicted molar refractivity (Wildman–Crippen MR) is 96.4 cm³/mol. The van der Waals surface area contributed by atoms with Crippen LogP contribution in [-0.4, -0.2) is 31.1 Å². The van der Waals surface area contributed by atoms with Crippen molar-refractivity contribution in [2.24, 2.45) is 0 Å². The first-order valence-corrected chi connectivity index (χ1v) is 8.72. The van der Waals surface area contributed by atoms with E-state index in [2.05, 4.69) is 11.9 Å². The number of rotatable bonds is 4. The van der Waals surface area contributed by atoms with E-state index in [0.717, 1.165) is 47.1 Å². The molecular weight excluding hydrogens is 329 g/mol. The van der Waals surface area contributed by atoms with Crippen LogP contribution in [0.25, 0.3) is 0 Å². The summed E-state index contributed by atoms with van der Waals surface area (Å²) in [7, 11) is 2.16. The lowest BCUT2D eigenvalue weighted by molar-refractivity contribution is -0.0234. The van der Waals surface area contributed by atoms with Crippen LogP contribution in [0.15, 0.2) is 48.5 Å². The quantitative estimate of drug-likeness (QED) is 0.752. The number of likely N-dealkylation sites (tertiary alicyclic amines) is 1. The van der Waals surface area contributed by atoms with Crippen LogP contribution in [0, 0.1) is 0 Å². The molecule has 1 fully saturated rings. The summed E-state index contributed by atoms with van der Waals surface area (Å²) in [6.45, 7) is 2.16. The van der Waals surface area contributed by atoms with Crippen molar-refractivity contribution < 1.29 is 4.74 Å². The third-order valence-corrected chi connectivity index (χ3v) is 4.84. The smallest absolute Gasteiger partial charge is 0.108 e. The number of nitrogens with zero attached hydrogens (tertiary/aromatic N) is 1. The highest BCUT2D eigenvalue weighted by atomic mass is 35.5. The highest BCUT2D eigenvalue weighted by Crippen LogP contribution is 2.31. The van der Waals surface area contributed by atoms with E-state index in [1.807, 2.05) is 48.5 Å². The Balaban J connectivity index is 1.83. The van der Waals surface area contributed by atoms with Crippen molar-refractivity contribution in [2.45, 2.75) is 25.0 Å². The van der Waals surface area contributed by atoms with Gasteiger partial charge in [0.05, 0.1) is 6.10 Å². The van der Waals surface area contributed by atoms with E-state index in [1.54, 1.807) is 0 Å². The molecular formula is C19H21Cl2NO. The van der Waals surface area contributed by atoms with Crippen LogP contribution in [0.3, 0.4) is 0 Å². The largest absolute Gasteiger partial charge is 0.365 e. The fourth-order valence-electron chi connectivity index (χ4n) is 2.94. The second-order valence-corrected chi connectivity index (χ2v) is 6.99. The number of halogens is 2. The Morgan fingerprint density at radius 1 is 0.870 bits per heavy atom. The third kappa shape index (κ3) is 4.48. The van der Waals surface area contributed by atoms with Crippen LogP contribution in [-0.2, 0) is 4.74 Å². The minimum absolute atomic E-state index is 0.0852. The molecule has 23 heavy (non-hydrogen) atoms. The molecule has 1 saturated heterocycles. The SMILES string of the molecule is CN1CCC(OC(c2ccc(Cl)cc2)c2ccc(Cl)cc2)CC1. The first-order chi connectivity index (χ1) is 11.1. The van der Waals surface area contributed by atoms with Gasteiger partial charge in [0.25, 0.3) is 0 Å². The monoisotopic (exact) mass is 349 g/mol. The summed E-state index contributed by atoms with van der Waals surface area (Å²) in [4.78, 5) is 2.35. The van der Waals surface area contributed by atoms with Crippen LogP contribution in [0.4, 0.5) is 0 Å². The Kier molecular flexibility index (Phi) is 5.60. The van der Waals surface area contributed by atoms with Crippen molar-refractivity contribution in [3.63, 3.8) is 0 Å². The van der Waals surface area contributed by atoms with Crippen molar-refractivity contribution in [1.29, 1.82) is 0 Å². The van der Waals surface area contributed by atoms with Crippen molar-refractivity contribution in [2.75, 3.05) is 20.1 Å². The fourth-order valence-corrected chi connectivity index (χ4v) is 3.19. The van der Waals surface area contributed by atoms with Gasteiger partial charge in [0.2, 0.25) is 0 Å². The molecule has 0 saturated carbocycles. The number of benzene rings is 2. The number of ether oxygens (including phenoxy) is 1. The Labute approximate surface area is 148 Å². The maximum absolute atomic E-state index is 6.48. The van der Waals surface area contributed by atoms with Gasteiger partial charge in [0.15, 0.2) is 0 Å². The van der Waals surface area contributed by atoms with Gasteiger partial charge >= 0.3 is 0 Å². The van der Waals surface area contributed by atoms with Gasteiger partial charge in [-0.2, -0.15) is 0 Å². The van der Waals surface area contributed by atoms with Gasteiger partial charge in [-0.25, -0.2) is 0 Å². The Morgan fingerprint density at radius 2 is 1.30 bits per heavy atom. The van der Waals surface area contributed by atoms with E-state index < -0.39 is 0 Å². The molecule has 1 heterocycles. The Morgan fingerprint density at radius 3 is 1.74 bits per heavy atom. The zero-order valence-electron chi connectivity index (χ0n) is 13.2. The number of piperidine rings is 1. The fraction of sp³-hybridized carbons (Fsp3) is 0.368. The molecule has 2 aromatic rings. The molecule has 4 heteroatoms. The molecule has 0 aromatic heterocycles. The zero-order chi connectivity index (χ0) is 16.2. The number of hydrogen-bond donors (Lipinski definition) is 0. The summed E-state index contributed by atoms with van der Waals surface area (Å²) in [5.41, 5.74) is 2.24. The molecule has 0 N–H and O–H groups in total. The molecule has 2 aromatic carbocycles. The van der Waals surface area contributed by atoms with Gasteiger partial charge in [0, 0.05) is 23.1 Å². The van der Waals surface area contributed by atoms with Crippen molar-refractivity contribution >= 4 is 23.2 Å². The van der Waals surface area contributed by atoms with Crippen molar-refractivity contribution in [3.05, 3.63) is 69.7 Å². The summed E-state index contributed by atoms with van der Waals surface area (Å²) < 4.78 is 6.48. The van der Waals surface area contributed by atoms with Crippen molar-refractivity contribution in [1.82, 2.24) is 4.90 Å². The highest BCUT2D eigenvalue weighted by molar-refractivity contribution is 6.30. The Hall–Kier alpha value is -1.06. The topological polar surface area (TPSA) is 12.5 Å². The normalized spacial score (nSPS) is 16.9. The molecule has 2 nitrogen and oxygen atoms in total. The first-order valence-electron chi connectivity index (χ1n) is 7.97. The lowest BCUT2D eigenvalue weighted by Gasteiger charge is -2.32. The van der Waals surface area contributed by atoms with E-state index in [4.69, 9.17) is 27.9 Å². The van der Waals surface area contributed by atoms with E-state index in [1.165, 1.54) is 0 Å². The second kappa shape index (κ2) is 7.67. The molecule has 0 aliphatic carbocycles. The van der Waals surface area contributed by atoms with Crippen molar-refractivity contribution in [3.8, 4) is 0 Å². The van der Waals surface area contributed by atoms with Crippen LogP contribution in [0.2, 0.25) is 10.0 Å². The summed E-state index contributed by atoms with van der Waals surface area (Å²) in [6, 6.07) is 15.8. The van der Waals surface area contributed by atoms with Crippen LogP contribution in [0.5, 0.6) is 0 Å². The second-order valence-electron chi connectivity index (χ2n) is 6.12. The lowest BCUT2D eigenvalue weighted by atomic mass is 10.00. The summed E-state index contributed by atoms with van der Waals surface area (Å²) >= 11 is 12.1. The van der Waals surface area contributed by atoms with Gasteiger partial charge in [-0.3, -0.25) is 0 Å². The first kappa shape index (κ1) is 16.8. The van der Waals surface area contributed by atoms with E-state index >= 15 is 0 Å². The van der Waals surface area contributed by atoms with Crippen LogP contribution in [0.1, 0.15) is 30.1 Å². The molecule has 0 bridgehead atoms. The average Bonchev–Trinajstić information content (AvgIpc) is 2.56. The summed E-state index contributed by atoms with van der Waals surface area (Å²) in [5, 5.41) is 1.48. The minimum atomic E-state index is -0.0852. The standard InChI is InChI=1S/C19H21Cl2NO/c1-22-12-10-18(11-13-22)23-19(14-2-6-16(20)7-3-14)15-4-8-17(21)9-5-15/h2-9,18-19H,10-13H2,1H3. The molecule has 0 radical (unpaired) electrons. The zero-order valence-corrected chi connectivity index (χ0v) is 14.7. The molecule has 0 spiro atoms. The summed E-state index contributed by atoms with van der Waals surface area (Å²) in [6.07, 6.45) is 2.32.